The second-order valence-electron chi connectivity index (χ2n) is 5.63. The van der Waals surface area contributed by atoms with E-state index < -0.39 is 0 Å². The zero-order valence-electron chi connectivity index (χ0n) is 12.9. The third kappa shape index (κ3) is 3.20. The van der Waals surface area contributed by atoms with Crippen molar-refractivity contribution < 1.29 is 9.53 Å². The number of thiazole rings is 1. The van der Waals surface area contributed by atoms with Crippen molar-refractivity contribution in [3.8, 4) is 16.3 Å². The minimum Gasteiger partial charge on any atom is -0.493 e. The summed E-state index contributed by atoms with van der Waals surface area (Å²) in [7, 11) is 0. The van der Waals surface area contributed by atoms with Gasteiger partial charge in [0.25, 0.3) is 0 Å². The van der Waals surface area contributed by atoms with Crippen molar-refractivity contribution in [2.75, 3.05) is 6.61 Å². The molecule has 122 valence electrons. The molecule has 1 aromatic carbocycles. The highest BCUT2D eigenvalue weighted by atomic mass is 32.1. The Hall–Kier alpha value is -2.18. The highest BCUT2D eigenvalue weighted by Gasteiger charge is 2.22. The first kappa shape index (κ1) is 15.4. The molecule has 4 nitrogen and oxygen atoms in total. The van der Waals surface area contributed by atoms with Crippen LogP contribution < -0.4 is 10.1 Å². The average Bonchev–Trinajstić information content (AvgIpc) is 3.26. The predicted molar refractivity (Wildman–Crippen MR) is 96.6 cm³/mol. The van der Waals surface area contributed by atoms with E-state index in [9.17, 15) is 4.79 Å². The Morgan fingerprint density at radius 1 is 1.29 bits per heavy atom. The van der Waals surface area contributed by atoms with Crippen LogP contribution in [0.1, 0.15) is 23.7 Å². The number of para-hydroxylation sites is 1. The smallest absolute Gasteiger partial charge is 0.226 e. The fourth-order valence-electron chi connectivity index (χ4n) is 2.81. The molecule has 1 aliphatic heterocycles. The predicted octanol–water partition coefficient (Wildman–Crippen LogP) is 4.05. The van der Waals surface area contributed by atoms with E-state index in [1.54, 1.807) is 22.7 Å². The first-order chi connectivity index (χ1) is 11.8. The number of nitrogens with one attached hydrogen (secondary N) is 1. The van der Waals surface area contributed by atoms with E-state index in [0.717, 1.165) is 34.0 Å². The van der Waals surface area contributed by atoms with Gasteiger partial charge < -0.3 is 10.1 Å². The van der Waals surface area contributed by atoms with Gasteiger partial charge in [0.05, 0.1) is 24.8 Å². The lowest BCUT2D eigenvalue weighted by Gasteiger charge is -2.26. The van der Waals surface area contributed by atoms with Gasteiger partial charge in [0.1, 0.15) is 10.8 Å². The Bertz CT molecular complexity index is 842. The lowest BCUT2D eigenvalue weighted by Crippen LogP contribution is -2.33. The van der Waals surface area contributed by atoms with Crippen molar-refractivity contribution in [1.29, 1.82) is 0 Å². The minimum absolute atomic E-state index is 0.00104. The Labute approximate surface area is 148 Å². The molecule has 3 aromatic rings. The van der Waals surface area contributed by atoms with Gasteiger partial charge in [-0.3, -0.25) is 4.79 Å². The number of rotatable bonds is 4. The number of carbonyl (C=O) groups is 1. The van der Waals surface area contributed by atoms with Crippen molar-refractivity contribution in [1.82, 2.24) is 10.3 Å². The summed E-state index contributed by atoms with van der Waals surface area (Å²) in [6.45, 7) is 0.626. The van der Waals surface area contributed by atoms with Gasteiger partial charge in [0.15, 0.2) is 0 Å². The van der Waals surface area contributed by atoms with E-state index in [0.29, 0.717) is 13.0 Å². The van der Waals surface area contributed by atoms with E-state index in [-0.39, 0.29) is 11.9 Å². The van der Waals surface area contributed by atoms with Crippen molar-refractivity contribution in [2.45, 2.75) is 18.9 Å². The number of fused-ring (bicyclic) bond motifs is 1. The van der Waals surface area contributed by atoms with E-state index in [2.05, 4.69) is 15.7 Å². The zero-order valence-corrected chi connectivity index (χ0v) is 14.5. The van der Waals surface area contributed by atoms with Crippen LogP contribution in [0.3, 0.4) is 0 Å². The van der Waals surface area contributed by atoms with Gasteiger partial charge in [-0.2, -0.15) is 11.3 Å². The lowest BCUT2D eigenvalue weighted by atomic mass is 10.0. The Balaban J connectivity index is 1.43. The van der Waals surface area contributed by atoms with Crippen LogP contribution in [0, 0.1) is 0 Å². The highest BCUT2D eigenvalue weighted by Crippen LogP contribution is 2.31. The largest absolute Gasteiger partial charge is 0.493 e. The first-order valence-electron chi connectivity index (χ1n) is 7.77. The van der Waals surface area contributed by atoms with Crippen LogP contribution in [-0.4, -0.2) is 17.5 Å². The van der Waals surface area contributed by atoms with Gasteiger partial charge in [0.2, 0.25) is 5.91 Å². The van der Waals surface area contributed by atoms with Crippen LogP contribution in [0.25, 0.3) is 10.6 Å². The van der Waals surface area contributed by atoms with Gasteiger partial charge in [-0.15, -0.1) is 11.3 Å². The van der Waals surface area contributed by atoms with Crippen LogP contribution in [0.2, 0.25) is 0 Å². The molecule has 0 aliphatic carbocycles. The first-order valence-corrected chi connectivity index (χ1v) is 9.60. The van der Waals surface area contributed by atoms with Gasteiger partial charge in [0, 0.05) is 28.3 Å². The molecule has 1 aliphatic rings. The summed E-state index contributed by atoms with van der Waals surface area (Å²) in [6, 6.07) is 9.94. The SMILES string of the molecule is O=C(Cc1csc(-c2ccsc2)n1)NC1CCOc2ccccc21. The van der Waals surface area contributed by atoms with Crippen LogP contribution in [0.15, 0.2) is 46.5 Å². The van der Waals surface area contributed by atoms with Crippen molar-refractivity contribution in [3.05, 3.63) is 57.7 Å². The summed E-state index contributed by atoms with van der Waals surface area (Å²) >= 11 is 3.23. The maximum absolute atomic E-state index is 12.4. The molecule has 1 unspecified atom stereocenters. The van der Waals surface area contributed by atoms with Crippen molar-refractivity contribution in [2.24, 2.45) is 0 Å². The molecule has 0 bridgehead atoms. The number of thiophene rings is 1. The van der Waals surface area contributed by atoms with Crippen LogP contribution in [-0.2, 0) is 11.2 Å². The monoisotopic (exact) mass is 356 g/mol. The fraction of sp³-hybridized carbons (Fsp3) is 0.222. The molecule has 1 amide bonds. The maximum Gasteiger partial charge on any atom is 0.226 e. The number of hydrogen-bond donors (Lipinski definition) is 1. The number of hydrogen-bond acceptors (Lipinski definition) is 5. The Morgan fingerprint density at radius 2 is 2.21 bits per heavy atom. The average molecular weight is 356 g/mol. The molecule has 0 spiro atoms. The number of ether oxygens (including phenoxy) is 1. The van der Waals surface area contributed by atoms with E-state index in [1.807, 2.05) is 41.1 Å². The number of aromatic nitrogens is 1. The van der Waals surface area contributed by atoms with Gasteiger partial charge in [-0.25, -0.2) is 4.98 Å². The molecule has 0 fully saturated rings. The molecule has 24 heavy (non-hydrogen) atoms. The summed E-state index contributed by atoms with van der Waals surface area (Å²) in [6.07, 6.45) is 1.10. The molecular weight excluding hydrogens is 340 g/mol. The number of amides is 1. The third-order valence-corrected chi connectivity index (χ3v) is 5.58. The number of carbonyl (C=O) groups excluding carboxylic acids is 1. The van der Waals surface area contributed by atoms with Gasteiger partial charge in [-0.05, 0) is 17.5 Å². The second-order valence-corrected chi connectivity index (χ2v) is 7.27. The van der Waals surface area contributed by atoms with Crippen molar-refractivity contribution >= 4 is 28.6 Å². The Morgan fingerprint density at radius 3 is 3.08 bits per heavy atom. The number of benzene rings is 1. The normalized spacial score (nSPS) is 16.2. The van der Waals surface area contributed by atoms with Crippen LogP contribution in [0.4, 0.5) is 0 Å². The van der Waals surface area contributed by atoms with Crippen LogP contribution in [0.5, 0.6) is 5.75 Å². The summed E-state index contributed by atoms with van der Waals surface area (Å²) in [4.78, 5) is 17.0. The quantitative estimate of drug-likeness (QED) is 0.767. The molecule has 3 heterocycles. The molecular formula is C18H16N2O2S2. The Kier molecular flexibility index (Phi) is 4.32. The van der Waals surface area contributed by atoms with Crippen molar-refractivity contribution in [3.63, 3.8) is 0 Å². The van der Waals surface area contributed by atoms with E-state index in [4.69, 9.17) is 4.74 Å². The standard InChI is InChI=1S/C18H16N2O2S2/c21-17(9-13-11-24-18(19-13)12-6-8-23-10-12)20-15-5-7-22-16-4-2-1-3-14(15)16/h1-4,6,8,10-11,15H,5,7,9H2,(H,20,21). The van der Waals surface area contributed by atoms with E-state index >= 15 is 0 Å². The molecule has 0 radical (unpaired) electrons. The van der Waals surface area contributed by atoms with Gasteiger partial charge >= 0.3 is 0 Å². The minimum atomic E-state index is -0.00104. The fourth-order valence-corrected chi connectivity index (χ4v) is 4.34. The lowest BCUT2D eigenvalue weighted by molar-refractivity contribution is -0.121. The highest BCUT2D eigenvalue weighted by molar-refractivity contribution is 7.14. The third-order valence-electron chi connectivity index (χ3n) is 3.96. The number of nitrogens with zero attached hydrogens (tertiary/aromatic N) is 1. The zero-order chi connectivity index (χ0) is 16.4. The summed E-state index contributed by atoms with van der Waals surface area (Å²) in [5, 5.41) is 10.2. The molecule has 0 saturated heterocycles. The summed E-state index contributed by atoms with van der Waals surface area (Å²) < 4.78 is 5.64. The maximum atomic E-state index is 12.4. The summed E-state index contributed by atoms with van der Waals surface area (Å²) in [5.74, 6) is 0.862. The van der Waals surface area contributed by atoms with Gasteiger partial charge in [-0.1, -0.05) is 18.2 Å². The molecule has 1 N–H and O–H groups in total. The topological polar surface area (TPSA) is 51.2 Å². The van der Waals surface area contributed by atoms with E-state index in [1.165, 1.54) is 0 Å². The molecule has 2 aromatic heterocycles. The van der Waals surface area contributed by atoms with Crippen LogP contribution >= 0.6 is 22.7 Å². The molecule has 4 rings (SSSR count). The molecule has 6 heteroatoms. The second kappa shape index (κ2) is 6.75. The summed E-state index contributed by atoms with van der Waals surface area (Å²) in [5.41, 5.74) is 2.99. The molecule has 1 atom stereocenters. The molecule has 0 saturated carbocycles.